The van der Waals surface area contributed by atoms with Crippen LogP contribution in [0.15, 0.2) is 96.9 Å². The quantitative estimate of drug-likeness (QED) is 0.0953. The van der Waals surface area contributed by atoms with Gasteiger partial charge in [0.25, 0.3) is 0 Å². The number of rotatable bonds is 8. The van der Waals surface area contributed by atoms with Gasteiger partial charge in [0.1, 0.15) is 0 Å². The van der Waals surface area contributed by atoms with Gasteiger partial charge < -0.3 is 15.0 Å². The Labute approximate surface area is 275 Å². The molecule has 0 spiro atoms. The van der Waals surface area contributed by atoms with Crippen molar-refractivity contribution in [2.24, 2.45) is 11.8 Å². The van der Waals surface area contributed by atoms with Crippen molar-refractivity contribution in [3.63, 3.8) is 0 Å². The summed E-state index contributed by atoms with van der Waals surface area (Å²) in [5, 5.41) is 14.6. The molecule has 1 aliphatic heterocycles. The summed E-state index contributed by atoms with van der Waals surface area (Å²) in [6.07, 6.45) is 6.81. The maximum Gasteiger partial charge on any atom is 0.162 e. The van der Waals surface area contributed by atoms with Crippen molar-refractivity contribution in [1.82, 2.24) is 4.98 Å². The molecule has 0 fully saturated rings. The smallest absolute Gasteiger partial charge is 0.162 e. The summed E-state index contributed by atoms with van der Waals surface area (Å²) in [6.45, 7) is 10.2. The summed E-state index contributed by atoms with van der Waals surface area (Å²) >= 11 is 0. The van der Waals surface area contributed by atoms with Gasteiger partial charge in [-0.05, 0) is 84.6 Å². The molecule has 0 saturated heterocycles. The molecule has 1 aliphatic rings. The number of anilines is 3. The van der Waals surface area contributed by atoms with Gasteiger partial charge in [0.2, 0.25) is 0 Å². The van der Waals surface area contributed by atoms with E-state index in [1.807, 2.05) is 33.9 Å². The molecular weight excluding hydrogens is 721 g/mol. The molecule has 0 atom stereocenters. The number of carbonyl (C=O) groups is 1. The summed E-state index contributed by atoms with van der Waals surface area (Å²) in [4.78, 5) is 18.9. The van der Waals surface area contributed by atoms with E-state index >= 15 is 0 Å². The van der Waals surface area contributed by atoms with Crippen LogP contribution >= 0.6 is 0 Å². The van der Waals surface area contributed by atoms with Gasteiger partial charge in [-0.2, -0.15) is 0 Å². The molecule has 2 heterocycles. The first kappa shape index (κ1) is 33.1. The summed E-state index contributed by atoms with van der Waals surface area (Å²) < 4.78 is 0. The normalized spacial score (nSPS) is 12.2. The maximum atomic E-state index is 11.7. The van der Waals surface area contributed by atoms with Gasteiger partial charge >= 0.3 is 0 Å². The van der Waals surface area contributed by atoms with E-state index in [9.17, 15) is 9.90 Å². The van der Waals surface area contributed by atoms with Crippen LogP contribution < -0.4 is 4.90 Å². The average Bonchev–Trinajstić information content (AvgIpc) is 3.03. The van der Waals surface area contributed by atoms with E-state index in [0.29, 0.717) is 0 Å². The number of aliphatic hydroxyl groups excluding tert-OH is 1. The minimum Gasteiger partial charge on any atom is -0.512 e. The monoisotopic (exact) mass is 762 g/mol. The molecule has 1 aromatic heterocycles. The molecule has 4 aromatic carbocycles. The number of hydrogen-bond donors (Lipinski definition) is 1. The molecule has 0 unspecified atom stereocenters. The molecule has 1 N–H and O–H groups in total. The Morgan fingerprint density at radius 3 is 2.23 bits per heavy atom. The zero-order valence-electron chi connectivity index (χ0n) is 26.2. The van der Waals surface area contributed by atoms with E-state index in [-0.39, 0.29) is 43.5 Å². The Bertz CT molecular complexity index is 1770. The van der Waals surface area contributed by atoms with Gasteiger partial charge in [-0.1, -0.05) is 87.0 Å². The van der Waals surface area contributed by atoms with Gasteiger partial charge in [-0.25, -0.2) is 0 Å². The zero-order valence-corrected chi connectivity index (χ0v) is 28.6. The van der Waals surface area contributed by atoms with Crippen LogP contribution in [0.2, 0.25) is 0 Å². The minimum atomic E-state index is 0. The van der Waals surface area contributed by atoms with Crippen LogP contribution in [-0.4, -0.2) is 15.9 Å². The molecule has 44 heavy (non-hydrogen) atoms. The van der Waals surface area contributed by atoms with Crippen molar-refractivity contribution < 1.29 is 30.0 Å². The molecule has 6 rings (SSSR count). The molecule has 0 aliphatic carbocycles. The number of hydrogen-bond acceptors (Lipinski definition) is 4. The van der Waals surface area contributed by atoms with E-state index in [1.165, 1.54) is 38.9 Å². The topological polar surface area (TPSA) is 53.4 Å². The number of nitrogens with zero attached hydrogens (tertiary/aromatic N) is 2. The standard InChI is InChI=1S/C26H17N2.C13H24O2.Ir/c1-17-15-19-13-14-27-25-22-12-11-18-7-5-6-10-21(18)26(22)28(23(16-17)24(19)25)20-8-3-2-4-9-20;1-5-10(6-2)12(14)9-13(15)11(7-3)8-4;/h2-11,13-16H,1H3;9-11,14H,5-8H2,1-4H3;/q-1;;/b;12-9-;. The number of ketones is 1. The first-order chi connectivity index (χ1) is 20.9. The third-order valence-electron chi connectivity index (χ3n) is 8.61. The van der Waals surface area contributed by atoms with Crippen molar-refractivity contribution in [3.05, 3.63) is 109 Å². The molecule has 5 aromatic rings. The Balaban J connectivity index is 0.000000239. The molecule has 4 nitrogen and oxygen atoms in total. The van der Waals surface area contributed by atoms with Gasteiger partial charge in [-0.3, -0.25) is 4.79 Å². The fourth-order valence-electron chi connectivity index (χ4n) is 6.16. The number of benzene rings is 4. The predicted octanol–water partition coefficient (Wildman–Crippen LogP) is 10.8. The third kappa shape index (κ3) is 6.50. The Morgan fingerprint density at radius 1 is 0.886 bits per heavy atom. The van der Waals surface area contributed by atoms with Gasteiger partial charge in [-0.15, -0.1) is 17.7 Å². The van der Waals surface area contributed by atoms with Crippen LogP contribution in [0.3, 0.4) is 0 Å². The van der Waals surface area contributed by atoms with Crippen molar-refractivity contribution in [2.45, 2.75) is 60.3 Å². The molecule has 5 heteroatoms. The maximum absolute atomic E-state index is 11.7. The minimum absolute atomic E-state index is 0. The van der Waals surface area contributed by atoms with Gasteiger partial charge in [0, 0.05) is 55.6 Å². The number of carbonyl (C=O) groups excluding carboxylic acids is 1. The molecular formula is C39H41IrN2O2-. The van der Waals surface area contributed by atoms with Crippen LogP contribution in [0.4, 0.5) is 17.1 Å². The van der Waals surface area contributed by atoms with Crippen LogP contribution in [0.25, 0.3) is 32.8 Å². The van der Waals surface area contributed by atoms with Crippen molar-refractivity contribution in [2.75, 3.05) is 4.90 Å². The second kappa shape index (κ2) is 14.8. The van der Waals surface area contributed by atoms with E-state index in [1.54, 1.807) is 0 Å². The van der Waals surface area contributed by atoms with Crippen LogP contribution in [-0.2, 0) is 24.9 Å². The Hall–Kier alpha value is -3.79. The fourth-order valence-corrected chi connectivity index (χ4v) is 6.16. The molecule has 0 saturated carbocycles. The van der Waals surface area contributed by atoms with E-state index < -0.39 is 0 Å². The Morgan fingerprint density at radius 2 is 1.55 bits per heavy atom. The number of allylic oxidation sites excluding steroid dienone is 2. The SMILES string of the molecule is CCC(CC)C(=O)/C=C(\O)C(CC)CC.Cc1cc2c3c(nccc3c1)-c1[c-]cc3ccccc3c1N2c1ccccc1.[Ir]. The van der Waals surface area contributed by atoms with Crippen LogP contribution in [0.5, 0.6) is 0 Å². The van der Waals surface area contributed by atoms with Crippen LogP contribution in [0.1, 0.15) is 58.9 Å². The summed E-state index contributed by atoms with van der Waals surface area (Å²) in [6, 6.07) is 31.3. The van der Waals surface area contributed by atoms with E-state index in [4.69, 9.17) is 4.98 Å². The number of aliphatic hydroxyl groups is 1. The number of aryl methyl sites for hydroxylation is 1. The first-order valence-electron chi connectivity index (χ1n) is 15.5. The van der Waals surface area contributed by atoms with Crippen molar-refractivity contribution in [3.8, 4) is 11.3 Å². The first-order valence-corrected chi connectivity index (χ1v) is 15.5. The number of aromatic nitrogens is 1. The number of fused-ring (bicyclic) bond motifs is 4. The van der Waals surface area contributed by atoms with E-state index in [0.717, 1.165) is 48.3 Å². The van der Waals surface area contributed by atoms with Crippen molar-refractivity contribution in [1.29, 1.82) is 0 Å². The summed E-state index contributed by atoms with van der Waals surface area (Å²) in [7, 11) is 0. The largest absolute Gasteiger partial charge is 0.512 e. The zero-order chi connectivity index (χ0) is 30.5. The molecule has 0 bridgehead atoms. The summed E-state index contributed by atoms with van der Waals surface area (Å²) in [5.74, 6) is 0.547. The molecule has 0 amide bonds. The van der Waals surface area contributed by atoms with E-state index in [2.05, 4.69) is 96.8 Å². The second-order valence-corrected chi connectivity index (χ2v) is 11.3. The average molecular weight is 762 g/mol. The van der Waals surface area contributed by atoms with Crippen LogP contribution in [0, 0.1) is 24.8 Å². The fraction of sp³-hybridized carbons (Fsp3) is 0.282. The number of pyridine rings is 1. The van der Waals surface area contributed by atoms with Crippen molar-refractivity contribution >= 4 is 44.4 Å². The third-order valence-corrected chi connectivity index (χ3v) is 8.61. The Kier molecular flexibility index (Phi) is 11.1. The number of para-hydroxylation sites is 1. The predicted molar refractivity (Wildman–Crippen MR) is 180 cm³/mol. The van der Waals surface area contributed by atoms with Gasteiger partial charge in [0.15, 0.2) is 5.78 Å². The second-order valence-electron chi connectivity index (χ2n) is 11.3. The summed E-state index contributed by atoms with van der Waals surface area (Å²) in [5.41, 5.74) is 6.80. The molecule has 229 valence electrons. The molecule has 1 radical (unpaired) electrons. The van der Waals surface area contributed by atoms with Gasteiger partial charge in [0.05, 0.1) is 5.76 Å².